The van der Waals surface area contributed by atoms with Crippen molar-refractivity contribution >= 4 is 17.5 Å². The molecule has 0 aliphatic rings. The molecule has 0 bridgehead atoms. The van der Waals surface area contributed by atoms with Crippen molar-refractivity contribution in [2.24, 2.45) is 0 Å². The first-order valence-electron chi connectivity index (χ1n) is 8.12. The highest BCUT2D eigenvalue weighted by Crippen LogP contribution is 2.11. The zero-order valence-electron chi connectivity index (χ0n) is 14.3. The second-order valence-corrected chi connectivity index (χ2v) is 5.88. The summed E-state index contributed by atoms with van der Waals surface area (Å²) in [5.41, 5.74) is 4.15. The number of hydrogen-bond acceptors (Lipinski definition) is 4. The van der Waals surface area contributed by atoms with E-state index in [-0.39, 0.29) is 5.91 Å². The first kappa shape index (κ1) is 16.6. The molecule has 0 saturated heterocycles. The minimum atomic E-state index is -0.254. The van der Waals surface area contributed by atoms with Crippen molar-refractivity contribution in [1.82, 2.24) is 9.97 Å². The van der Waals surface area contributed by atoms with Gasteiger partial charge in [0, 0.05) is 17.9 Å². The summed E-state index contributed by atoms with van der Waals surface area (Å²) in [6.45, 7) is 4.50. The van der Waals surface area contributed by atoms with E-state index in [4.69, 9.17) is 0 Å². The average molecular weight is 332 g/mol. The fourth-order valence-electron chi connectivity index (χ4n) is 2.48. The van der Waals surface area contributed by atoms with E-state index in [9.17, 15) is 4.79 Å². The van der Waals surface area contributed by atoms with Crippen molar-refractivity contribution < 1.29 is 4.79 Å². The molecule has 0 unspecified atom stereocenters. The molecule has 2 aromatic carbocycles. The standard InChI is InChI=1S/C20H20N4O/c1-14-7-6-8-16(11-14)13-21-20-22-15(2)12-18(24-20)19(25)23-17-9-4-3-5-10-17/h3-12H,13H2,1-2H3,(H,23,25)(H,21,22,24). The van der Waals surface area contributed by atoms with Crippen LogP contribution in [0.1, 0.15) is 27.3 Å². The molecule has 126 valence electrons. The van der Waals surface area contributed by atoms with Gasteiger partial charge in [0.25, 0.3) is 5.91 Å². The summed E-state index contributed by atoms with van der Waals surface area (Å²) < 4.78 is 0. The Morgan fingerprint density at radius 3 is 2.52 bits per heavy atom. The van der Waals surface area contributed by atoms with Gasteiger partial charge in [0.2, 0.25) is 5.95 Å². The minimum absolute atomic E-state index is 0.254. The topological polar surface area (TPSA) is 66.9 Å². The zero-order chi connectivity index (χ0) is 17.6. The summed E-state index contributed by atoms with van der Waals surface area (Å²) in [6, 6.07) is 19.2. The molecule has 5 heteroatoms. The van der Waals surface area contributed by atoms with Crippen LogP contribution in [0.15, 0.2) is 60.7 Å². The number of anilines is 2. The van der Waals surface area contributed by atoms with Gasteiger partial charge in [-0.3, -0.25) is 4.79 Å². The van der Waals surface area contributed by atoms with Gasteiger partial charge >= 0.3 is 0 Å². The van der Waals surface area contributed by atoms with Crippen molar-refractivity contribution in [3.8, 4) is 0 Å². The molecular weight excluding hydrogens is 312 g/mol. The van der Waals surface area contributed by atoms with Crippen molar-refractivity contribution in [3.63, 3.8) is 0 Å². The number of nitrogens with one attached hydrogen (secondary N) is 2. The molecule has 0 aliphatic carbocycles. The van der Waals surface area contributed by atoms with E-state index < -0.39 is 0 Å². The molecule has 0 aliphatic heterocycles. The molecule has 3 aromatic rings. The number of nitrogens with zero attached hydrogens (tertiary/aromatic N) is 2. The summed E-state index contributed by atoms with van der Waals surface area (Å²) in [4.78, 5) is 21.1. The molecule has 1 amide bonds. The van der Waals surface area contributed by atoms with Crippen LogP contribution in [0.2, 0.25) is 0 Å². The van der Waals surface area contributed by atoms with Gasteiger partial charge < -0.3 is 10.6 Å². The second kappa shape index (κ2) is 7.57. The molecule has 25 heavy (non-hydrogen) atoms. The monoisotopic (exact) mass is 332 g/mol. The quantitative estimate of drug-likeness (QED) is 0.742. The van der Waals surface area contributed by atoms with Crippen LogP contribution in [0.4, 0.5) is 11.6 Å². The lowest BCUT2D eigenvalue weighted by atomic mass is 10.1. The summed E-state index contributed by atoms with van der Waals surface area (Å²) >= 11 is 0. The van der Waals surface area contributed by atoms with E-state index in [1.165, 1.54) is 5.56 Å². The average Bonchev–Trinajstić information content (AvgIpc) is 2.60. The lowest BCUT2D eigenvalue weighted by molar-refractivity contribution is 0.102. The molecule has 0 saturated carbocycles. The third kappa shape index (κ3) is 4.64. The molecule has 1 aromatic heterocycles. The largest absolute Gasteiger partial charge is 0.350 e. The van der Waals surface area contributed by atoms with Gasteiger partial charge in [-0.1, -0.05) is 48.0 Å². The Balaban J connectivity index is 1.72. The maximum Gasteiger partial charge on any atom is 0.274 e. The Kier molecular flexibility index (Phi) is 5.04. The third-order valence-electron chi connectivity index (χ3n) is 3.65. The van der Waals surface area contributed by atoms with Gasteiger partial charge in [0.15, 0.2) is 0 Å². The van der Waals surface area contributed by atoms with Crippen LogP contribution in [-0.4, -0.2) is 15.9 Å². The highest BCUT2D eigenvalue weighted by atomic mass is 16.1. The van der Waals surface area contributed by atoms with Gasteiger partial charge in [0.05, 0.1) is 0 Å². The Morgan fingerprint density at radius 2 is 1.76 bits per heavy atom. The van der Waals surface area contributed by atoms with Gasteiger partial charge in [-0.15, -0.1) is 0 Å². The Hall–Kier alpha value is -3.21. The van der Waals surface area contributed by atoms with Gasteiger partial charge in [-0.05, 0) is 37.6 Å². The maximum atomic E-state index is 12.4. The predicted molar refractivity (Wildman–Crippen MR) is 99.7 cm³/mol. The highest BCUT2D eigenvalue weighted by molar-refractivity contribution is 6.03. The Labute approximate surface area is 147 Å². The maximum absolute atomic E-state index is 12.4. The number of para-hydroxylation sites is 1. The predicted octanol–water partition coefficient (Wildman–Crippen LogP) is 3.96. The molecular formula is C20H20N4O. The fourth-order valence-corrected chi connectivity index (χ4v) is 2.48. The summed E-state index contributed by atoms with van der Waals surface area (Å²) in [6.07, 6.45) is 0. The van der Waals surface area contributed by atoms with E-state index in [2.05, 4.69) is 39.7 Å². The number of aryl methyl sites for hydroxylation is 2. The summed E-state index contributed by atoms with van der Waals surface area (Å²) in [7, 11) is 0. The van der Waals surface area contributed by atoms with E-state index >= 15 is 0 Å². The van der Waals surface area contributed by atoms with E-state index in [1.807, 2.05) is 49.4 Å². The van der Waals surface area contributed by atoms with Crippen molar-refractivity contribution in [3.05, 3.63) is 83.2 Å². The van der Waals surface area contributed by atoms with Gasteiger partial charge in [0.1, 0.15) is 5.69 Å². The summed E-state index contributed by atoms with van der Waals surface area (Å²) in [5, 5.41) is 6.02. The van der Waals surface area contributed by atoms with E-state index in [1.54, 1.807) is 6.07 Å². The van der Waals surface area contributed by atoms with Crippen LogP contribution < -0.4 is 10.6 Å². The van der Waals surface area contributed by atoms with Crippen molar-refractivity contribution in [1.29, 1.82) is 0 Å². The molecule has 0 fully saturated rings. The number of carbonyl (C=O) groups is 1. The molecule has 0 spiro atoms. The van der Waals surface area contributed by atoms with Crippen LogP contribution in [0.3, 0.4) is 0 Å². The van der Waals surface area contributed by atoms with Gasteiger partial charge in [-0.2, -0.15) is 0 Å². The van der Waals surface area contributed by atoms with Gasteiger partial charge in [-0.25, -0.2) is 9.97 Å². The number of amides is 1. The van der Waals surface area contributed by atoms with Crippen LogP contribution in [0.5, 0.6) is 0 Å². The number of benzene rings is 2. The Morgan fingerprint density at radius 1 is 0.960 bits per heavy atom. The third-order valence-corrected chi connectivity index (χ3v) is 3.65. The normalized spacial score (nSPS) is 10.3. The second-order valence-electron chi connectivity index (χ2n) is 5.88. The van der Waals surface area contributed by atoms with E-state index in [0.717, 1.165) is 16.9 Å². The molecule has 1 heterocycles. The number of rotatable bonds is 5. The van der Waals surface area contributed by atoms with Crippen LogP contribution in [-0.2, 0) is 6.54 Å². The number of carbonyl (C=O) groups excluding carboxylic acids is 1. The first-order chi connectivity index (χ1) is 12.1. The molecule has 2 N–H and O–H groups in total. The zero-order valence-corrected chi connectivity index (χ0v) is 14.3. The lowest BCUT2D eigenvalue weighted by Gasteiger charge is -2.09. The van der Waals surface area contributed by atoms with E-state index in [0.29, 0.717) is 18.2 Å². The lowest BCUT2D eigenvalue weighted by Crippen LogP contribution is -2.16. The smallest absolute Gasteiger partial charge is 0.274 e. The Bertz CT molecular complexity index is 878. The minimum Gasteiger partial charge on any atom is -0.350 e. The highest BCUT2D eigenvalue weighted by Gasteiger charge is 2.11. The number of hydrogen-bond donors (Lipinski definition) is 2. The fraction of sp³-hybridized carbons (Fsp3) is 0.150. The summed E-state index contributed by atoms with van der Waals surface area (Å²) in [5.74, 6) is 0.190. The van der Waals surface area contributed by atoms with Crippen molar-refractivity contribution in [2.45, 2.75) is 20.4 Å². The number of aromatic nitrogens is 2. The SMILES string of the molecule is Cc1cccc(CNc2nc(C)cc(C(=O)Nc3ccccc3)n2)c1. The first-order valence-corrected chi connectivity index (χ1v) is 8.12. The van der Waals surface area contributed by atoms with Crippen molar-refractivity contribution in [2.75, 3.05) is 10.6 Å². The molecule has 5 nitrogen and oxygen atoms in total. The van der Waals surface area contributed by atoms with Crippen LogP contribution >= 0.6 is 0 Å². The van der Waals surface area contributed by atoms with Crippen LogP contribution in [0, 0.1) is 13.8 Å². The molecule has 0 radical (unpaired) electrons. The molecule has 0 atom stereocenters. The molecule has 3 rings (SSSR count). The van der Waals surface area contributed by atoms with Crippen LogP contribution in [0.25, 0.3) is 0 Å².